The molecule has 0 radical (unpaired) electrons. The highest BCUT2D eigenvalue weighted by atomic mass is 16.5. The van der Waals surface area contributed by atoms with Crippen molar-refractivity contribution in [3.63, 3.8) is 0 Å². The van der Waals surface area contributed by atoms with Crippen LogP contribution in [0.25, 0.3) is 0 Å². The van der Waals surface area contributed by atoms with Crippen molar-refractivity contribution in [2.24, 2.45) is 0 Å². The fourth-order valence-electron chi connectivity index (χ4n) is 2.56. The van der Waals surface area contributed by atoms with Gasteiger partial charge in [0.05, 0.1) is 0 Å². The second-order valence-corrected chi connectivity index (χ2v) is 6.59. The average Bonchev–Trinajstić information content (AvgIpc) is 2.68. The Balaban J connectivity index is 1.80. The van der Waals surface area contributed by atoms with Gasteiger partial charge >= 0.3 is 0 Å². The highest BCUT2D eigenvalue weighted by Gasteiger charge is 2.06. The van der Waals surface area contributed by atoms with Crippen LogP contribution in [0.1, 0.15) is 51.5 Å². The smallest absolute Gasteiger partial charge is 0.262 e. The fraction of sp³-hybridized carbons (Fsp3) is 0.364. The van der Waals surface area contributed by atoms with E-state index in [2.05, 4.69) is 24.5 Å². The van der Waals surface area contributed by atoms with Crippen LogP contribution in [0.3, 0.4) is 0 Å². The molecule has 0 aromatic heterocycles. The van der Waals surface area contributed by atoms with Crippen LogP contribution in [-0.2, 0) is 9.59 Å². The quantitative estimate of drug-likeness (QED) is 0.657. The zero-order valence-electron chi connectivity index (χ0n) is 16.2. The van der Waals surface area contributed by atoms with Crippen molar-refractivity contribution in [1.82, 2.24) is 0 Å². The van der Waals surface area contributed by atoms with Gasteiger partial charge in [-0.15, -0.1) is 0 Å². The Kier molecular flexibility index (Phi) is 7.86. The predicted octanol–water partition coefficient (Wildman–Crippen LogP) is 4.96. The third kappa shape index (κ3) is 6.77. The first-order valence-electron chi connectivity index (χ1n) is 9.44. The van der Waals surface area contributed by atoms with E-state index >= 15 is 0 Å². The van der Waals surface area contributed by atoms with Crippen molar-refractivity contribution in [2.75, 3.05) is 17.2 Å². The van der Waals surface area contributed by atoms with Gasteiger partial charge in [-0.1, -0.05) is 32.9 Å². The van der Waals surface area contributed by atoms with Gasteiger partial charge in [-0.3, -0.25) is 9.59 Å². The van der Waals surface area contributed by atoms with Gasteiger partial charge in [0.25, 0.3) is 5.91 Å². The number of rotatable bonds is 9. The van der Waals surface area contributed by atoms with Crippen LogP contribution in [0.5, 0.6) is 5.75 Å². The Morgan fingerprint density at radius 3 is 1.96 bits per heavy atom. The lowest BCUT2D eigenvalue weighted by atomic mass is 9.99. The molecule has 2 aromatic carbocycles. The monoisotopic (exact) mass is 368 g/mol. The van der Waals surface area contributed by atoms with E-state index in [1.807, 2.05) is 31.2 Å². The van der Waals surface area contributed by atoms with E-state index < -0.39 is 0 Å². The number of hydrogen-bond acceptors (Lipinski definition) is 3. The highest BCUT2D eigenvalue weighted by Crippen LogP contribution is 2.21. The molecular weight excluding hydrogens is 340 g/mol. The lowest BCUT2D eigenvalue weighted by molar-refractivity contribution is -0.118. The molecule has 144 valence electrons. The third-order valence-electron chi connectivity index (χ3n) is 4.36. The molecule has 0 bridgehead atoms. The molecule has 0 spiro atoms. The molecule has 2 rings (SSSR count). The van der Waals surface area contributed by atoms with E-state index in [9.17, 15) is 9.59 Å². The molecule has 0 aliphatic heterocycles. The summed E-state index contributed by atoms with van der Waals surface area (Å²) in [5.41, 5.74) is 2.63. The van der Waals surface area contributed by atoms with Gasteiger partial charge < -0.3 is 15.4 Å². The third-order valence-corrected chi connectivity index (χ3v) is 4.36. The highest BCUT2D eigenvalue weighted by molar-refractivity contribution is 5.93. The first-order chi connectivity index (χ1) is 13.0. The maximum atomic E-state index is 12.0. The number of carbonyl (C=O) groups is 2. The summed E-state index contributed by atoms with van der Waals surface area (Å²) in [6, 6.07) is 14.9. The van der Waals surface area contributed by atoms with E-state index in [0.717, 1.165) is 12.8 Å². The first-order valence-corrected chi connectivity index (χ1v) is 9.44. The van der Waals surface area contributed by atoms with Crippen molar-refractivity contribution in [3.8, 4) is 5.75 Å². The molecule has 0 saturated heterocycles. The van der Waals surface area contributed by atoms with Gasteiger partial charge in [0, 0.05) is 17.8 Å². The zero-order valence-corrected chi connectivity index (χ0v) is 16.2. The second-order valence-electron chi connectivity index (χ2n) is 6.59. The van der Waals surface area contributed by atoms with Crippen molar-refractivity contribution < 1.29 is 14.3 Å². The molecule has 27 heavy (non-hydrogen) atoms. The number of anilines is 2. The minimum absolute atomic E-state index is 0.0120. The minimum Gasteiger partial charge on any atom is -0.484 e. The molecule has 0 aliphatic carbocycles. The standard InChI is InChI=1S/C22H28N2O3/c1-4-6-21(25)23-18-9-11-19(12-10-18)24-22(26)15-27-20-13-7-17(8-14-20)16(3)5-2/h7-14,16H,4-6,15H2,1-3H3,(H,23,25)(H,24,26)/t16-/m1/s1. The van der Waals surface area contributed by atoms with Crippen LogP contribution in [-0.4, -0.2) is 18.4 Å². The summed E-state index contributed by atoms with van der Waals surface area (Å²) in [5, 5.41) is 5.59. The molecule has 0 saturated carbocycles. The Labute approximate surface area is 161 Å². The van der Waals surface area contributed by atoms with E-state index in [-0.39, 0.29) is 18.4 Å². The Morgan fingerprint density at radius 2 is 1.44 bits per heavy atom. The predicted molar refractivity (Wildman–Crippen MR) is 109 cm³/mol. The fourth-order valence-corrected chi connectivity index (χ4v) is 2.56. The average molecular weight is 368 g/mol. The first kappa shape index (κ1) is 20.5. The molecule has 1 atom stereocenters. The molecule has 0 fully saturated rings. The van der Waals surface area contributed by atoms with Crippen molar-refractivity contribution >= 4 is 23.2 Å². The summed E-state index contributed by atoms with van der Waals surface area (Å²) in [4.78, 5) is 23.6. The molecule has 2 N–H and O–H groups in total. The topological polar surface area (TPSA) is 67.4 Å². The maximum Gasteiger partial charge on any atom is 0.262 e. The Bertz CT molecular complexity index is 739. The van der Waals surface area contributed by atoms with Crippen molar-refractivity contribution in [3.05, 3.63) is 54.1 Å². The molecular formula is C22H28N2O3. The number of nitrogens with one attached hydrogen (secondary N) is 2. The van der Waals surface area contributed by atoms with Crippen LogP contribution >= 0.6 is 0 Å². The summed E-state index contributed by atoms with van der Waals surface area (Å²) < 4.78 is 5.54. The van der Waals surface area contributed by atoms with Gasteiger partial charge in [0.1, 0.15) is 5.75 Å². The Hall–Kier alpha value is -2.82. The zero-order chi connectivity index (χ0) is 19.6. The Morgan fingerprint density at radius 1 is 0.889 bits per heavy atom. The SMILES string of the molecule is CCCC(=O)Nc1ccc(NC(=O)COc2ccc([C@H](C)CC)cc2)cc1. The largest absolute Gasteiger partial charge is 0.484 e. The molecule has 2 aromatic rings. The summed E-state index contributed by atoms with van der Waals surface area (Å²) in [7, 11) is 0. The minimum atomic E-state index is -0.233. The lowest BCUT2D eigenvalue weighted by Gasteiger charge is -2.11. The number of amides is 2. The number of hydrogen-bond donors (Lipinski definition) is 2. The number of benzene rings is 2. The summed E-state index contributed by atoms with van der Waals surface area (Å²) >= 11 is 0. The van der Waals surface area contributed by atoms with E-state index in [1.54, 1.807) is 24.3 Å². The van der Waals surface area contributed by atoms with Crippen molar-refractivity contribution in [1.29, 1.82) is 0 Å². The lowest BCUT2D eigenvalue weighted by Crippen LogP contribution is -2.20. The summed E-state index contributed by atoms with van der Waals surface area (Å²) in [6.07, 6.45) is 2.39. The normalized spacial score (nSPS) is 11.5. The molecule has 0 heterocycles. The number of ether oxygens (including phenoxy) is 1. The van der Waals surface area contributed by atoms with Gasteiger partial charge in [-0.05, 0) is 60.7 Å². The van der Waals surface area contributed by atoms with Gasteiger partial charge in [-0.2, -0.15) is 0 Å². The second kappa shape index (κ2) is 10.4. The van der Waals surface area contributed by atoms with E-state index in [1.165, 1.54) is 5.56 Å². The molecule has 0 aliphatic rings. The summed E-state index contributed by atoms with van der Waals surface area (Å²) in [6.45, 7) is 6.24. The van der Waals surface area contributed by atoms with Crippen molar-refractivity contribution in [2.45, 2.75) is 46.0 Å². The summed E-state index contributed by atoms with van der Waals surface area (Å²) in [5.74, 6) is 0.939. The van der Waals surface area contributed by atoms with Crippen LogP contribution in [0, 0.1) is 0 Å². The molecule has 5 nitrogen and oxygen atoms in total. The van der Waals surface area contributed by atoms with Crippen LogP contribution < -0.4 is 15.4 Å². The molecule has 2 amide bonds. The van der Waals surface area contributed by atoms with Gasteiger partial charge in [0.2, 0.25) is 5.91 Å². The molecule has 5 heteroatoms. The van der Waals surface area contributed by atoms with Crippen LogP contribution in [0.15, 0.2) is 48.5 Å². The molecule has 0 unspecified atom stereocenters. The van der Waals surface area contributed by atoms with Crippen LogP contribution in [0.4, 0.5) is 11.4 Å². The van der Waals surface area contributed by atoms with E-state index in [0.29, 0.717) is 29.5 Å². The number of carbonyl (C=O) groups excluding carboxylic acids is 2. The van der Waals surface area contributed by atoms with Crippen LogP contribution in [0.2, 0.25) is 0 Å². The maximum absolute atomic E-state index is 12.0. The van der Waals surface area contributed by atoms with Gasteiger partial charge in [-0.25, -0.2) is 0 Å². The van der Waals surface area contributed by atoms with E-state index in [4.69, 9.17) is 4.74 Å². The van der Waals surface area contributed by atoms with Gasteiger partial charge in [0.15, 0.2) is 6.61 Å².